The standard InChI is InChI=1S/C14H12N2O6S/c1-22-13-12(5-9(8-17)7-15-13)16-23(20,21)11-4-2-3-10(6-11)14(18)19/h2-8,16H,1H3,(H,18,19). The van der Waals surface area contributed by atoms with Gasteiger partial charge in [0.1, 0.15) is 5.69 Å². The van der Waals surface area contributed by atoms with Gasteiger partial charge in [-0.3, -0.25) is 9.52 Å². The second-order valence-corrected chi connectivity index (χ2v) is 6.06. The van der Waals surface area contributed by atoms with Crippen LogP contribution in [0.15, 0.2) is 41.4 Å². The summed E-state index contributed by atoms with van der Waals surface area (Å²) in [7, 11) is -2.78. The minimum atomic E-state index is -4.08. The van der Waals surface area contributed by atoms with E-state index >= 15 is 0 Å². The number of carbonyl (C=O) groups excluding carboxylic acids is 1. The largest absolute Gasteiger partial charge is 0.480 e. The van der Waals surface area contributed by atoms with Gasteiger partial charge >= 0.3 is 5.97 Å². The molecule has 0 saturated carbocycles. The molecule has 2 N–H and O–H groups in total. The normalized spacial score (nSPS) is 10.8. The van der Waals surface area contributed by atoms with Crippen LogP contribution in [0.2, 0.25) is 0 Å². The number of aromatic nitrogens is 1. The molecule has 8 nitrogen and oxygen atoms in total. The molecule has 0 bridgehead atoms. The maximum atomic E-state index is 12.4. The monoisotopic (exact) mass is 336 g/mol. The summed E-state index contributed by atoms with van der Waals surface area (Å²) in [5, 5.41) is 8.93. The van der Waals surface area contributed by atoms with E-state index in [1.807, 2.05) is 0 Å². The number of rotatable bonds is 6. The number of nitrogens with one attached hydrogen (secondary N) is 1. The average molecular weight is 336 g/mol. The minimum absolute atomic E-state index is 0.0198. The van der Waals surface area contributed by atoms with Crippen molar-refractivity contribution in [2.24, 2.45) is 0 Å². The molecule has 1 heterocycles. The fraction of sp³-hybridized carbons (Fsp3) is 0.0714. The van der Waals surface area contributed by atoms with Crippen molar-refractivity contribution in [1.29, 1.82) is 0 Å². The van der Waals surface area contributed by atoms with Crippen LogP contribution in [0.3, 0.4) is 0 Å². The van der Waals surface area contributed by atoms with Crippen LogP contribution in [0, 0.1) is 0 Å². The maximum Gasteiger partial charge on any atom is 0.335 e. The molecule has 9 heteroatoms. The Bertz CT molecular complexity index is 863. The quantitative estimate of drug-likeness (QED) is 0.764. The Morgan fingerprint density at radius 3 is 2.70 bits per heavy atom. The van der Waals surface area contributed by atoms with Crippen molar-refractivity contribution in [3.8, 4) is 5.88 Å². The van der Waals surface area contributed by atoms with Gasteiger partial charge in [-0.2, -0.15) is 0 Å². The van der Waals surface area contributed by atoms with Crippen LogP contribution >= 0.6 is 0 Å². The number of sulfonamides is 1. The summed E-state index contributed by atoms with van der Waals surface area (Å²) in [4.78, 5) is 25.3. The molecule has 120 valence electrons. The molecule has 1 aromatic carbocycles. The van der Waals surface area contributed by atoms with Crippen LogP contribution in [0.1, 0.15) is 20.7 Å². The third kappa shape index (κ3) is 3.64. The van der Waals surface area contributed by atoms with E-state index in [-0.39, 0.29) is 27.6 Å². The van der Waals surface area contributed by atoms with E-state index in [4.69, 9.17) is 9.84 Å². The van der Waals surface area contributed by atoms with Gasteiger partial charge in [0.05, 0.1) is 17.6 Å². The lowest BCUT2D eigenvalue weighted by Crippen LogP contribution is -2.15. The lowest BCUT2D eigenvalue weighted by molar-refractivity contribution is 0.0696. The Morgan fingerprint density at radius 2 is 2.09 bits per heavy atom. The fourth-order valence-electron chi connectivity index (χ4n) is 1.77. The SMILES string of the molecule is COc1ncc(C=O)cc1NS(=O)(=O)c1cccc(C(=O)O)c1. The lowest BCUT2D eigenvalue weighted by atomic mass is 10.2. The van der Waals surface area contributed by atoms with Gasteiger partial charge in [-0.05, 0) is 24.3 Å². The van der Waals surface area contributed by atoms with E-state index in [9.17, 15) is 18.0 Å². The summed E-state index contributed by atoms with van der Waals surface area (Å²) in [6.07, 6.45) is 1.74. The van der Waals surface area contributed by atoms with Crippen molar-refractivity contribution >= 4 is 28.0 Å². The van der Waals surface area contributed by atoms with Gasteiger partial charge in [-0.25, -0.2) is 18.2 Å². The second kappa shape index (κ2) is 6.44. The molecule has 0 aliphatic heterocycles. The Balaban J connectivity index is 2.44. The number of carbonyl (C=O) groups is 2. The highest BCUT2D eigenvalue weighted by Gasteiger charge is 2.19. The molecule has 2 aromatic rings. The number of anilines is 1. The highest BCUT2D eigenvalue weighted by molar-refractivity contribution is 7.92. The molecule has 0 saturated heterocycles. The number of carboxylic acid groups (broad SMARTS) is 1. The molecule has 0 fully saturated rings. The Morgan fingerprint density at radius 1 is 1.35 bits per heavy atom. The number of nitrogens with zero attached hydrogens (tertiary/aromatic N) is 1. The Labute approximate surface area is 131 Å². The second-order valence-electron chi connectivity index (χ2n) is 4.38. The summed E-state index contributed by atoms with van der Waals surface area (Å²) >= 11 is 0. The molecule has 0 spiro atoms. The summed E-state index contributed by atoms with van der Waals surface area (Å²) in [6, 6.07) is 6.12. The molecule has 1 aromatic heterocycles. The molecule has 0 amide bonds. The molecular weight excluding hydrogens is 324 g/mol. The fourth-order valence-corrected chi connectivity index (χ4v) is 2.86. The smallest absolute Gasteiger partial charge is 0.335 e. The van der Waals surface area contributed by atoms with Crippen molar-refractivity contribution in [2.45, 2.75) is 4.90 Å². The number of carboxylic acids is 1. The summed E-state index contributed by atoms with van der Waals surface area (Å²) in [6.45, 7) is 0. The van der Waals surface area contributed by atoms with Gasteiger partial charge < -0.3 is 9.84 Å². The van der Waals surface area contributed by atoms with Gasteiger partial charge in [-0.1, -0.05) is 6.07 Å². The number of methoxy groups -OCH3 is 1. The minimum Gasteiger partial charge on any atom is -0.480 e. The van der Waals surface area contributed by atoms with Crippen molar-refractivity contribution in [2.75, 3.05) is 11.8 Å². The molecular formula is C14H12N2O6S. The van der Waals surface area contributed by atoms with E-state index in [1.54, 1.807) is 0 Å². The highest BCUT2D eigenvalue weighted by atomic mass is 32.2. The molecule has 0 radical (unpaired) electrons. The Kier molecular flexibility index (Phi) is 4.60. The Hall–Kier alpha value is -2.94. The first-order chi connectivity index (χ1) is 10.9. The maximum absolute atomic E-state index is 12.4. The third-order valence-corrected chi connectivity index (χ3v) is 4.20. The van der Waals surface area contributed by atoms with Crippen molar-refractivity contribution in [3.63, 3.8) is 0 Å². The molecule has 0 atom stereocenters. The topological polar surface area (TPSA) is 123 Å². The summed E-state index contributed by atoms with van der Waals surface area (Å²) in [5.74, 6) is -1.27. The van der Waals surface area contributed by atoms with Crippen LogP contribution < -0.4 is 9.46 Å². The molecule has 0 aliphatic carbocycles. The van der Waals surface area contributed by atoms with Crippen LogP contribution in [0.4, 0.5) is 5.69 Å². The number of benzene rings is 1. The number of hydrogen-bond donors (Lipinski definition) is 2. The number of ether oxygens (including phenoxy) is 1. The van der Waals surface area contributed by atoms with E-state index < -0.39 is 16.0 Å². The van der Waals surface area contributed by atoms with E-state index in [2.05, 4.69) is 9.71 Å². The van der Waals surface area contributed by atoms with Crippen molar-refractivity contribution in [3.05, 3.63) is 47.7 Å². The number of hydrogen-bond acceptors (Lipinski definition) is 6. The zero-order valence-corrected chi connectivity index (χ0v) is 12.7. The number of pyridine rings is 1. The molecule has 2 rings (SSSR count). The summed E-state index contributed by atoms with van der Waals surface area (Å²) in [5.41, 5.74) is -0.0415. The van der Waals surface area contributed by atoms with Gasteiger partial charge in [-0.15, -0.1) is 0 Å². The predicted molar refractivity (Wildman–Crippen MR) is 80.4 cm³/mol. The van der Waals surface area contributed by atoms with E-state index in [0.717, 1.165) is 6.07 Å². The van der Waals surface area contributed by atoms with Crippen LogP contribution in [-0.4, -0.2) is 37.9 Å². The zero-order valence-electron chi connectivity index (χ0n) is 11.9. The third-order valence-electron chi connectivity index (χ3n) is 2.84. The summed E-state index contributed by atoms with van der Waals surface area (Å²) < 4.78 is 31.9. The van der Waals surface area contributed by atoms with Crippen LogP contribution in [0.25, 0.3) is 0 Å². The van der Waals surface area contributed by atoms with Crippen molar-refractivity contribution in [1.82, 2.24) is 4.98 Å². The van der Waals surface area contributed by atoms with Crippen LogP contribution in [-0.2, 0) is 10.0 Å². The first-order valence-electron chi connectivity index (χ1n) is 6.23. The number of aldehydes is 1. The molecule has 23 heavy (non-hydrogen) atoms. The predicted octanol–water partition coefficient (Wildman–Crippen LogP) is 1.40. The average Bonchev–Trinajstić information content (AvgIpc) is 2.54. The van der Waals surface area contributed by atoms with Gasteiger partial charge in [0.25, 0.3) is 10.0 Å². The van der Waals surface area contributed by atoms with Crippen LogP contribution in [0.5, 0.6) is 5.88 Å². The number of aromatic carboxylic acids is 1. The molecule has 0 unspecified atom stereocenters. The first kappa shape index (κ1) is 16.4. The van der Waals surface area contributed by atoms with Gasteiger partial charge in [0.15, 0.2) is 6.29 Å². The van der Waals surface area contributed by atoms with E-state index in [1.165, 1.54) is 37.6 Å². The molecule has 0 aliphatic rings. The van der Waals surface area contributed by atoms with E-state index in [0.29, 0.717) is 6.29 Å². The van der Waals surface area contributed by atoms with Gasteiger partial charge in [0.2, 0.25) is 5.88 Å². The first-order valence-corrected chi connectivity index (χ1v) is 7.71. The zero-order chi connectivity index (χ0) is 17.0. The highest BCUT2D eigenvalue weighted by Crippen LogP contribution is 2.25. The van der Waals surface area contributed by atoms with Gasteiger partial charge in [0, 0.05) is 11.8 Å². The van der Waals surface area contributed by atoms with Crippen molar-refractivity contribution < 1.29 is 27.9 Å². The lowest BCUT2D eigenvalue weighted by Gasteiger charge is -2.11.